The standard InChI is InChI=1S/C14H16O8/c1-4-6(16)2-5-8(9(4)17)12-13(22-14(5)20)11(19)10(18)7(3-15)21-12/h2,7,10-13,15-19H,3H2,1H3/t7-,10-,11+,12?,13?/m1/s1. The quantitative estimate of drug-likeness (QED) is 0.421. The first kappa shape index (κ1) is 15.0. The van der Waals surface area contributed by atoms with E-state index in [0.717, 1.165) is 6.07 Å². The highest BCUT2D eigenvalue weighted by Crippen LogP contribution is 2.46. The van der Waals surface area contributed by atoms with Crippen molar-refractivity contribution in [2.24, 2.45) is 0 Å². The maximum Gasteiger partial charge on any atom is 0.339 e. The summed E-state index contributed by atoms with van der Waals surface area (Å²) in [5, 5.41) is 49.1. The number of aromatic hydroxyl groups is 2. The number of aliphatic hydroxyl groups excluding tert-OH is 3. The number of hydrogen-bond donors (Lipinski definition) is 5. The summed E-state index contributed by atoms with van der Waals surface area (Å²) >= 11 is 0. The van der Waals surface area contributed by atoms with Gasteiger partial charge in [-0.1, -0.05) is 0 Å². The fourth-order valence-corrected chi connectivity index (χ4v) is 2.87. The smallest absolute Gasteiger partial charge is 0.339 e. The van der Waals surface area contributed by atoms with Crippen molar-refractivity contribution >= 4 is 5.97 Å². The number of hydrogen-bond acceptors (Lipinski definition) is 8. The van der Waals surface area contributed by atoms with Crippen LogP contribution in [0.2, 0.25) is 0 Å². The minimum absolute atomic E-state index is 0.0703. The van der Waals surface area contributed by atoms with Gasteiger partial charge in [0.15, 0.2) is 6.10 Å². The topological polar surface area (TPSA) is 137 Å². The molecule has 1 fully saturated rings. The van der Waals surface area contributed by atoms with E-state index in [1.165, 1.54) is 6.92 Å². The molecule has 120 valence electrons. The lowest BCUT2D eigenvalue weighted by Gasteiger charge is -2.44. The number of ether oxygens (including phenoxy) is 2. The molecule has 2 unspecified atom stereocenters. The summed E-state index contributed by atoms with van der Waals surface area (Å²) in [5.41, 5.74) is 0.139. The van der Waals surface area contributed by atoms with Crippen molar-refractivity contribution in [1.82, 2.24) is 0 Å². The fourth-order valence-electron chi connectivity index (χ4n) is 2.87. The average Bonchev–Trinajstić information content (AvgIpc) is 2.49. The monoisotopic (exact) mass is 312 g/mol. The van der Waals surface area contributed by atoms with Crippen LogP contribution in [0.5, 0.6) is 11.5 Å². The van der Waals surface area contributed by atoms with Crippen molar-refractivity contribution < 1.29 is 39.8 Å². The van der Waals surface area contributed by atoms with Crippen LogP contribution in [-0.4, -0.2) is 62.5 Å². The first-order valence-corrected chi connectivity index (χ1v) is 6.75. The first-order chi connectivity index (χ1) is 10.4. The zero-order valence-corrected chi connectivity index (χ0v) is 11.6. The third kappa shape index (κ3) is 1.96. The molecule has 0 spiro atoms. The number of esters is 1. The molecule has 5 atom stereocenters. The van der Waals surface area contributed by atoms with Crippen LogP contribution in [0.25, 0.3) is 0 Å². The Hall–Kier alpha value is -1.87. The average molecular weight is 312 g/mol. The van der Waals surface area contributed by atoms with Crippen LogP contribution in [0.15, 0.2) is 6.07 Å². The number of carbonyl (C=O) groups is 1. The Morgan fingerprint density at radius 1 is 1.23 bits per heavy atom. The first-order valence-electron chi connectivity index (χ1n) is 6.75. The van der Waals surface area contributed by atoms with E-state index in [0.29, 0.717) is 0 Å². The Balaban J connectivity index is 2.15. The van der Waals surface area contributed by atoms with E-state index in [1.54, 1.807) is 0 Å². The Kier molecular flexibility index (Phi) is 3.48. The van der Waals surface area contributed by atoms with Crippen LogP contribution in [-0.2, 0) is 9.47 Å². The Morgan fingerprint density at radius 2 is 1.91 bits per heavy atom. The van der Waals surface area contributed by atoms with Gasteiger partial charge in [-0.05, 0) is 13.0 Å². The Labute approximate surface area is 125 Å². The third-order valence-electron chi connectivity index (χ3n) is 4.18. The van der Waals surface area contributed by atoms with Crippen LogP contribution in [0.4, 0.5) is 0 Å². The number of benzene rings is 1. The van der Waals surface area contributed by atoms with Gasteiger partial charge >= 0.3 is 5.97 Å². The van der Waals surface area contributed by atoms with Crippen molar-refractivity contribution in [3.8, 4) is 11.5 Å². The molecular formula is C14H16O8. The molecule has 1 aromatic carbocycles. The minimum atomic E-state index is -1.47. The summed E-state index contributed by atoms with van der Waals surface area (Å²) in [5.74, 6) is -1.47. The molecule has 2 aliphatic heterocycles. The van der Waals surface area contributed by atoms with Crippen LogP contribution in [0, 0.1) is 6.92 Å². The molecule has 0 radical (unpaired) electrons. The highest BCUT2D eigenvalue weighted by atomic mass is 16.6. The van der Waals surface area contributed by atoms with Crippen LogP contribution >= 0.6 is 0 Å². The lowest BCUT2D eigenvalue weighted by molar-refractivity contribution is -0.235. The number of phenols is 2. The fraction of sp³-hybridized carbons (Fsp3) is 0.500. The van der Waals surface area contributed by atoms with Gasteiger partial charge in [0.05, 0.1) is 12.2 Å². The molecule has 8 nitrogen and oxygen atoms in total. The van der Waals surface area contributed by atoms with E-state index in [-0.39, 0.29) is 28.2 Å². The molecule has 2 aliphatic rings. The molecule has 2 heterocycles. The largest absolute Gasteiger partial charge is 0.508 e. The van der Waals surface area contributed by atoms with E-state index in [2.05, 4.69) is 0 Å². The lowest BCUT2D eigenvalue weighted by atomic mass is 9.85. The molecular weight excluding hydrogens is 296 g/mol. The van der Waals surface area contributed by atoms with Crippen LogP contribution in [0.1, 0.15) is 27.6 Å². The van der Waals surface area contributed by atoms with Crippen LogP contribution in [0.3, 0.4) is 0 Å². The molecule has 0 aromatic heterocycles. The van der Waals surface area contributed by atoms with Gasteiger partial charge in [-0.15, -0.1) is 0 Å². The Morgan fingerprint density at radius 3 is 2.55 bits per heavy atom. The van der Waals surface area contributed by atoms with Crippen molar-refractivity contribution in [2.45, 2.75) is 37.4 Å². The highest BCUT2D eigenvalue weighted by molar-refractivity contribution is 5.94. The van der Waals surface area contributed by atoms with Gasteiger partial charge in [-0.3, -0.25) is 0 Å². The summed E-state index contributed by atoms with van der Waals surface area (Å²) in [7, 11) is 0. The molecule has 22 heavy (non-hydrogen) atoms. The summed E-state index contributed by atoms with van der Waals surface area (Å²) in [6.45, 7) is 0.903. The van der Waals surface area contributed by atoms with E-state index in [9.17, 15) is 30.3 Å². The van der Waals surface area contributed by atoms with Crippen molar-refractivity contribution in [1.29, 1.82) is 0 Å². The minimum Gasteiger partial charge on any atom is -0.508 e. The maximum atomic E-state index is 12.0. The molecule has 5 N–H and O–H groups in total. The van der Waals surface area contributed by atoms with E-state index < -0.39 is 43.1 Å². The van der Waals surface area contributed by atoms with Crippen molar-refractivity contribution in [3.63, 3.8) is 0 Å². The summed E-state index contributed by atoms with van der Waals surface area (Å²) in [6, 6.07) is 1.15. The molecule has 8 heteroatoms. The lowest BCUT2D eigenvalue weighted by Crippen LogP contribution is -2.58. The molecule has 3 rings (SSSR count). The number of fused-ring (bicyclic) bond motifs is 3. The molecule has 0 saturated carbocycles. The normalized spacial score (nSPS) is 33.8. The number of rotatable bonds is 1. The van der Waals surface area contributed by atoms with Gasteiger partial charge in [0.1, 0.15) is 35.9 Å². The van der Waals surface area contributed by atoms with Gasteiger partial charge in [0.2, 0.25) is 0 Å². The van der Waals surface area contributed by atoms with Crippen molar-refractivity contribution in [2.75, 3.05) is 6.61 Å². The second-order valence-corrected chi connectivity index (χ2v) is 5.46. The molecule has 1 aromatic rings. The predicted octanol–water partition coefficient (Wildman–Crippen LogP) is -0.901. The highest BCUT2D eigenvalue weighted by Gasteiger charge is 2.51. The molecule has 0 amide bonds. The zero-order valence-electron chi connectivity index (χ0n) is 11.6. The van der Waals surface area contributed by atoms with E-state index in [1.807, 2.05) is 0 Å². The predicted molar refractivity (Wildman–Crippen MR) is 70.4 cm³/mol. The molecule has 0 aliphatic carbocycles. The van der Waals surface area contributed by atoms with Crippen molar-refractivity contribution in [3.05, 3.63) is 22.8 Å². The number of phenolic OH excluding ortho intramolecular Hbond substituents is 2. The van der Waals surface area contributed by atoms with Gasteiger partial charge in [0.25, 0.3) is 0 Å². The van der Waals surface area contributed by atoms with Gasteiger partial charge in [-0.25, -0.2) is 4.79 Å². The van der Waals surface area contributed by atoms with Gasteiger partial charge < -0.3 is 35.0 Å². The summed E-state index contributed by atoms with van der Waals surface area (Å²) < 4.78 is 10.6. The van der Waals surface area contributed by atoms with Gasteiger partial charge in [0, 0.05) is 11.1 Å². The van der Waals surface area contributed by atoms with Gasteiger partial charge in [-0.2, -0.15) is 0 Å². The summed E-state index contributed by atoms with van der Waals surface area (Å²) in [6.07, 6.45) is -6.26. The SMILES string of the molecule is Cc1c(O)cc2c(c1O)C1O[C@H](CO)[C@@H](O)[C@H](O)C1OC2=O. The molecule has 0 bridgehead atoms. The second kappa shape index (κ2) is 5.10. The summed E-state index contributed by atoms with van der Waals surface area (Å²) in [4.78, 5) is 12.0. The second-order valence-electron chi connectivity index (χ2n) is 5.46. The third-order valence-corrected chi connectivity index (χ3v) is 4.18. The van der Waals surface area contributed by atoms with E-state index in [4.69, 9.17) is 9.47 Å². The van der Waals surface area contributed by atoms with E-state index >= 15 is 0 Å². The zero-order chi connectivity index (χ0) is 16.2. The Bertz CT molecular complexity index is 628. The number of aliphatic hydroxyl groups is 3. The maximum absolute atomic E-state index is 12.0. The van der Waals surface area contributed by atoms with Crippen LogP contribution < -0.4 is 0 Å². The number of carbonyl (C=O) groups excluding carboxylic acids is 1. The molecule has 1 saturated heterocycles.